The molecule has 0 aliphatic heterocycles. The van der Waals surface area contributed by atoms with Gasteiger partial charge in [0.1, 0.15) is 0 Å². The van der Waals surface area contributed by atoms with Crippen LogP contribution in [0, 0.1) is 23.5 Å². The Hall–Kier alpha value is -2.73. The Kier molecular flexibility index (Phi) is 16.3. The zero-order chi connectivity index (χ0) is 40.6. The molecule has 1 atom stereocenters. The van der Waals surface area contributed by atoms with E-state index < -0.39 is 23.5 Å². The van der Waals surface area contributed by atoms with E-state index in [1.807, 2.05) is 0 Å². The Balaban J connectivity index is 0.000000300. The van der Waals surface area contributed by atoms with Crippen molar-refractivity contribution in [1.29, 1.82) is 0 Å². The molecule has 0 spiro atoms. The van der Waals surface area contributed by atoms with Gasteiger partial charge in [-0.25, -0.2) is 5.57 Å². The molecule has 0 saturated heterocycles. The third kappa shape index (κ3) is 12.6. The van der Waals surface area contributed by atoms with Crippen molar-refractivity contribution in [3.05, 3.63) is 153 Å². The number of hydrogen-bond acceptors (Lipinski definition) is 0. The number of fused-ring (bicyclic) bond motifs is 3. The van der Waals surface area contributed by atoms with Crippen molar-refractivity contribution >= 4 is 3.21 Å². The van der Waals surface area contributed by atoms with Crippen LogP contribution in [0.2, 0.25) is 0 Å². The van der Waals surface area contributed by atoms with E-state index in [2.05, 4.69) is 125 Å². The second-order valence-corrected chi connectivity index (χ2v) is 18.5. The Labute approximate surface area is 357 Å². The van der Waals surface area contributed by atoms with Gasteiger partial charge in [-0.15, -0.1) is 5.56 Å². The van der Waals surface area contributed by atoms with Crippen molar-refractivity contribution in [3.8, 4) is 11.1 Å². The predicted molar refractivity (Wildman–Crippen MR) is 206 cm³/mol. The van der Waals surface area contributed by atoms with Gasteiger partial charge in [0, 0.05) is 0 Å². The van der Waals surface area contributed by atoms with Gasteiger partial charge in [-0.1, -0.05) is 122 Å². The number of hydrogen-bond donors (Lipinski definition) is 0. The zero-order valence-corrected chi connectivity index (χ0v) is 37.9. The van der Waals surface area contributed by atoms with Gasteiger partial charge >= 0.3 is 137 Å². The maximum absolute atomic E-state index is 12.7. The summed E-state index contributed by atoms with van der Waals surface area (Å²) in [7, 11) is 0. The van der Waals surface area contributed by atoms with Crippen molar-refractivity contribution in [3.63, 3.8) is 0 Å². The van der Waals surface area contributed by atoms with E-state index in [4.69, 9.17) is 0 Å². The van der Waals surface area contributed by atoms with Crippen molar-refractivity contribution in [2.75, 3.05) is 0 Å². The molecule has 0 amide bonds. The first-order chi connectivity index (χ1) is 24.7. The molecule has 2 aliphatic carbocycles. The quantitative estimate of drug-likeness (QED) is 0.125. The van der Waals surface area contributed by atoms with Crippen molar-refractivity contribution < 1.29 is 75.4 Å². The number of rotatable bonds is 2. The molecule has 9 heteroatoms. The van der Waals surface area contributed by atoms with Gasteiger partial charge in [-0.3, -0.25) is 6.08 Å². The first-order valence-electron chi connectivity index (χ1n) is 18.1. The molecule has 4 aromatic rings. The van der Waals surface area contributed by atoms with Crippen LogP contribution in [0.5, 0.6) is 0 Å². The topological polar surface area (TPSA) is 0 Å². The molecule has 2 aliphatic rings. The van der Waals surface area contributed by atoms with Gasteiger partial charge < -0.3 is 24.8 Å². The number of allylic oxidation sites excluding steroid dienone is 4. The molecule has 6 rings (SSSR count). The molecule has 300 valence electrons. The van der Waals surface area contributed by atoms with E-state index in [0.29, 0.717) is 14.5 Å². The molecule has 0 aromatic heterocycles. The molecule has 4 aromatic carbocycles. The van der Waals surface area contributed by atoms with Crippen molar-refractivity contribution in [1.82, 2.24) is 0 Å². The molecule has 0 nitrogen and oxygen atoms in total. The molecular weight excluding hydrogens is 841 g/mol. The summed E-state index contributed by atoms with van der Waals surface area (Å²) in [5.74, 6) is 0.518. The average Bonchev–Trinajstić information content (AvgIpc) is 3.61. The summed E-state index contributed by atoms with van der Waals surface area (Å²) in [6, 6.07) is 24.2. The SMILES string of the molecule is CC(C)(C)c1c[c-]c2c(c1)-c1cc(C(C)(C)C)ccc1C2.CC1=[C-]C(C)C=C1C(C)(C)C.FC(F)(F)c1cccc([C](=[Zr+2])c2cccc(C(F)(F)F)c2)c1.[Cl-].[Cl-]. The van der Waals surface area contributed by atoms with E-state index in [1.165, 1.54) is 68.8 Å². The number of halogens is 8. The summed E-state index contributed by atoms with van der Waals surface area (Å²) in [6.45, 7) is 24.7. The Morgan fingerprint density at radius 1 is 0.625 bits per heavy atom. The fourth-order valence-corrected chi connectivity index (χ4v) is 7.27. The third-order valence-corrected chi connectivity index (χ3v) is 11.0. The largest absolute Gasteiger partial charge is 1.00 e. The second kappa shape index (κ2) is 18.5. The predicted octanol–water partition coefficient (Wildman–Crippen LogP) is 7.86. The van der Waals surface area contributed by atoms with E-state index in [1.54, 1.807) is 0 Å². The van der Waals surface area contributed by atoms with Gasteiger partial charge in [0.2, 0.25) is 0 Å². The molecule has 0 bridgehead atoms. The van der Waals surface area contributed by atoms with Crippen LogP contribution >= 0.6 is 0 Å². The van der Waals surface area contributed by atoms with E-state index >= 15 is 0 Å². The maximum atomic E-state index is 12.7. The summed E-state index contributed by atoms with van der Waals surface area (Å²) in [5, 5.41) is 0. The monoisotopic (exact) mass is 888 g/mol. The van der Waals surface area contributed by atoms with Gasteiger partial charge in [-0.05, 0) is 17.4 Å². The summed E-state index contributed by atoms with van der Waals surface area (Å²) in [5.41, 5.74) is 10.8. The van der Waals surface area contributed by atoms with Gasteiger partial charge in [-0.2, -0.15) is 41.0 Å². The molecule has 56 heavy (non-hydrogen) atoms. The van der Waals surface area contributed by atoms with Crippen LogP contribution < -0.4 is 24.8 Å². The average molecular weight is 891 g/mol. The number of alkyl halides is 6. The molecule has 0 radical (unpaired) electrons. The van der Waals surface area contributed by atoms with E-state index in [9.17, 15) is 26.3 Å². The van der Waals surface area contributed by atoms with Crippen LogP contribution in [0.25, 0.3) is 11.1 Å². The summed E-state index contributed by atoms with van der Waals surface area (Å²) in [4.78, 5) is 0. The first kappa shape index (κ1) is 49.4. The minimum absolute atomic E-state index is 0. The normalized spacial score (nSPS) is 15.0. The Morgan fingerprint density at radius 3 is 1.50 bits per heavy atom. The van der Waals surface area contributed by atoms with Crippen molar-refractivity contribution in [2.45, 2.75) is 106 Å². The van der Waals surface area contributed by atoms with Gasteiger partial charge in [0.05, 0.1) is 0 Å². The molecule has 1 unspecified atom stereocenters. The summed E-state index contributed by atoms with van der Waals surface area (Å²) in [6.07, 6.45) is -2.23. The van der Waals surface area contributed by atoms with Crippen LogP contribution in [0.15, 0.2) is 96.1 Å². The third-order valence-electron chi connectivity index (χ3n) is 9.56. The second-order valence-electron chi connectivity index (χ2n) is 17.2. The fourth-order valence-electron chi connectivity index (χ4n) is 6.50. The van der Waals surface area contributed by atoms with Crippen LogP contribution in [-0.4, -0.2) is 3.21 Å². The smallest absolute Gasteiger partial charge is 1.00 e. The van der Waals surface area contributed by atoms with Crippen LogP contribution in [0.4, 0.5) is 26.3 Å². The summed E-state index contributed by atoms with van der Waals surface area (Å²) >= 11 is 0.729. The molecule has 0 N–H and O–H groups in total. The van der Waals surface area contributed by atoms with Crippen LogP contribution in [0.3, 0.4) is 0 Å². The fraction of sp³-hybridized carbons (Fsp3) is 0.383. The Bertz CT molecular complexity index is 1950. The minimum atomic E-state index is -4.49. The van der Waals surface area contributed by atoms with E-state index in [-0.39, 0.29) is 46.8 Å². The molecular formula is C47H50Cl2F6Zr-2. The van der Waals surface area contributed by atoms with Crippen molar-refractivity contribution in [2.24, 2.45) is 11.3 Å². The van der Waals surface area contributed by atoms with Gasteiger partial charge in [0.15, 0.2) is 0 Å². The van der Waals surface area contributed by atoms with Gasteiger partial charge in [0.25, 0.3) is 0 Å². The maximum Gasteiger partial charge on any atom is -1.00 e. The molecule has 0 fully saturated rings. The van der Waals surface area contributed by atoms with E-state index in [0.717, 1.165) is 54.9 Å². The van der Waals surface area contributed by atoms with Crippen LogP contribution in [-0.2, 0) is 53.8 Å². The molecule has 0 saturated carbocycles. The summed E-state index contributed by atoms with van der Waals surface area (Å²) < 4.78 is 76.7. The molecule has 0 heterocycles. The number of benzene rings is 4. The minimum Gasteiger partial charge on any atom is -1.00 e. The first-order valence-corrected chi connectivity index (χ1v) is 19.3. The Morgan fingerprint density at radius 2 is 1.11 bits per heavy atom. The zero-order valence-electron chi connectivity index (χ0n) is 33.9. The standard InChI is InChI=1S/C21H25.C15H8F6.C11H17.2ClH.Zr/c1-20(2,3)16-9-7-14-11-15-8-10-17(21(4,5)6)13-19(15)18(14)12-16;16-14(17,18)12-5-1-3-10(8-12)7-11-4-2-6-13(9-11)15(19,20)21;1-8-6-9(2)10(7-8)11(3,4)5;;;/h7,9-10,12-13H,11H2,1-6H3;1-6,8-9H;7-8H,1-5H3;2*1H;/q-1;;-1;;;+2/p-2. The van der Waals surface area contributed by atoms with Crippen LogP contribution in [0.1, 0.15) is 121 Å².